The molecule has 1 aromatic rings. The Kier molecular flexibility index (Phi) is 5.24. The molecule has 118 valence electrons. The number of rotatable bonds is 5. The quantitative estimate of drug-likeness (QED) is 0.811. The van der Waals surface area contributed by atoms with Crippen molar-refractivity contribution in [2.24, 2.45) is 5.92 Å². The molecule has 0 spiro atoms. The highest BCUT2D eigenvalue weighted by molar-refractivity contribution is 7.89. The minimum Gasteiger partial charge on any atom is -0.389 e. The van der Waals surface area contributed by atoms with Crippen molar-refractivity contribution >= 4 is 21.6 Å². The van der Waals surface area contributed by atoms with Crippen LogP contribution in [-0.4, -0.2) is 30.7 Å². The molecule has 0 aromatic carbocycles. The van der Waals surface area contributed by atoms with Crippen LogP contribution in [0.2, 0.25) is 5.15 Å². The van der Waals surface area contributed by atoms with Crippen LogP contribution in [0.25, 0.3) is 0 Å². The first-order valence-corrected chi connectivity index (χ1v) is 9.04. The highest BCUT2D eigenvalue weighted by Crippen LogP contribution is 2.33. The van der Waals surface area contributed by atoms with Crippen LogP contribution >= 0.6 is 11.6 Å². The van der Waals surface area contributed by atoms with E-state index in [0.717, 1.165) is 19.3 Å². The molecule has 1 fully saturated rings. The third-order valence-electron chi connectivity index (χ3n) is 4.22. The Bertz CT molecular complexity index is 566. The lowest BCUT2D eigenvalue weighted by Gasteiger charge is -2.35. The second kappa shape index (κ2) is 6.60. The number of aromatic nitrogens is 1. The summed E-state index contributed by atoms with van der Waals surface area (Å²) in [5.41, 5.74) is -0.946. The Hall–Kier alpha value is -0.690. The molecular weight excluding hydrogens is 312 g/mol. The summed E-state index contributed by atoms with van der Waals surface area (Å²) in [6, 6.07) is 2.83. The number of nitrogens with zero attached hydrogens (tertiary/aromatic N) is 1. The first-order valence-electron chi connectivity index (χ1n) is 7.18. The summed E-state index contributed by atoms with van der Waals surface area (Å²) < 4.78 is 26.8. The van der Waals surface area contributed by atoms with Gasteiger partial charge in [-0.05, 0) is 43.7 Å². The molecule has 0 bridgehead atoms. The summed E-state index contributed by atoms with van der Waals surface area (Å²) in [5.74, 6) is 0.641. The van der Waals surface area contributed by atoms with Crippen molar-refractivity contribution < 1.29 is 13.5 Å². The van der Waals surface area contributed by atoms with Crippen LogP contribution in [0.15, 0.2) is 23.2 Å². The van der Waals surface area contributed by atoms with E-state index >= 15 is 0 Å². The summed E-state index contributed by atoms with van der Waals surface area (Å²) in [7, 11) is -3.66. The SMILES string of the molecule is CCC1CCC(O)(CNS(=O)(=O)c2ccc(Cl)nc2)CC1. The lowest BCUT2D eigenvalue weighted by Crippen LogP contribution is -2.45. The predicted molar refractivity (Wildman–Crippen MR) is 81.6 cm³/mol. The van der Waals surface area contributed by atoms with Crippen molar-refractivity contribution in [2.45, 2.75) is 49.5 Å². The van der Waals surface area contributed by atoms with Gasteiger partial charge >= 0.3 is 0 Å². The molecule has 1 aliphatic carbocycles. The first kappa shape index (κ1) is 16.7. The van der Waals surface area contributed by atoms with Gasteiger partial charge in [0.1, 0.15) is 10.0 Å². The Morgan fingerprint density at radius 1 is 1.43 bits per heavy atom. The van der Waals surface area contributed by atoms with Crippen LogP contribution in [-0.2, 0) is 10.0 Å². The highest BCUT2D eigenvalue weighted by atomic mass is 35.5. The molecule has 0 radical (unpaired) electrons. The van der Waals surface area contributed by atoms with Crippen LogP contribution in [0.4, 0.5) is 0 Å². The highest BCUT2D eigenvalue weighted by Gasteiger charge is 2.33. The van der Waals surface area contributed by atoms with Crippen molar-refractivity contribution in [1.29, 1.82) is 0 Å². The van der Waals surface area contributed by atoms with E-state index in [1.165, 1.54) is 18.3 Å². The van der Waals surface area contributed by atoms with E-state index in [2.05, 4.69) is 16.6 Å². The molecule has 7 heteroatoms. The molecule has 2 rings (SSSR count). The van der Waals surface area contributed by atoms with Crippen LogP contribution in [0.1, 0.15) is 39.0 Å². The number of halogens is 1. The molecule has 0 amide bonds. The molecule has 5 nitrogen and oxygen atoms in total. The standard InChI is InChI=1S/C14H21ClN2O3S/c1-2-11-5-7-14(18,8-6-11)10-17-21(19,20)12-3-4-13(15)16-9-12/h3-4,9,11,17-18H,2,5-8,10H2,1H3. The van der Waals surface area contributed by atoms with E-state index in [1.807, 2.05) is 0 Å². The third kappa shape index (κ3) is 4.39. The Morgan fingerprint density at radius 2 is 2.10 bits per heavy atom. The molecule has 1 saturated carbocycles. The van der Waals surface area contributed by atoms with Gasteiger partial charge in [0.15, 0.2) is 0 Å². The molecule has 0 unspecified atom stereocenters. The zero-order valence-electron chi connectivity index (χ0n) is 12.0. The number of sulfonamides is 1. The molecule has 0 saturated heterocycles. The molecule has 0 atom stereocenters. The minimum absolute atomic E-state index is 0.0361. The van der Waals surface area contributed by atoms with Gasteiger partial charge in [-0.2, -0.15) is 0 Å². The van der Waals surface area contributed by atoms with E-state index in [9.17, 15) is 13.5 Å². The van der Waals surface area contributed by atoms with E-state index < -0.39 is 15.6 Å². The van der Waals surface area contributed by atoms with Gasteiger partial charge in [0.05, 0.1) is 5.60 Å². The number of hydrogen-bond acceptors (Lipinski definition) is 4. The fourth-order valence-corrected chi connectivity index (χ4v) is 3.81. The summed E-state index contributed by atoms with van der Waals surface area (Å²) in [5, 5.41) is 10.7. The number of hydrogen-bond donors (Lipinski definition) is 2. The summed E-state index contributed by atoms with van der Waals surface area (Å²) in [4.78, 5) is 3.82. The molecule has 1 aliphatic rings. The van der Waals surface area contributed by atoms with E-state index in [1.54, 1.807) is 0 Å². The fraction of sp³-hybridized carbons (Fsp3) is 0.643. The van der Waals surface area contributed by atoms with Gasteiger partial charge in [0.25, 0.3) is 0 Å². The predicted octanol–water partition coefficient (Wildman–Crippen LogP) is 2.34. The summed E-state index contributed by atoms with van der Waals surface area (Å²) in [6.45, 7) is 2.18. The monoisotopic (exact) mass is 332 g/mol. The maximum Gasteiger partial charge on any atom is 0.242 e. The van der Waals surface area contributed by atoms with E-state index in [0.29, 0.717) is 18.8 Å². The second-order valence-corrected chi connectivity index (χ2v) is 7.87. The van der Waals surface area contributed by atoms with E-state index in [4.69, 9.17) is 11.6 Å². The van der Waals surface area contributed by atoms with Crippen LogP contribution < -0.4 is 4.72 Å². The second-order valence-electron chi connectivity index (χ2n) is 5.72. The van der Waals surface area contributed by atoms with Gasteiger partial charge in [0.2, 0.25) is 10.0 Å². The molecule has 2 N–H and O–H groups in total. The van der Waals surface area contributed by atoms with Crippen LogP contribution in [0.3, 0.4) is 0 Å². The van der Waals surface area contributed by atoms with Crippen LogP contribution in [0, 0.1) is 5.92 Å². The Balaban J connectivity index is 1.97. The Morgan fingerprint density at radius 3 is 2.62 bits per heavy atom. The average Bonchev–Trinajstić information content (AvgIpc) is 2.47. The van der Waals surface area contributed by atoms with Gasteiger partial charge in [-0.1, -0.05) is 24.9 Å². The molecular formula is C14H21ClN2O3S. The maximum atomic E-state index is 12.1. The van der Waals surface area contributed by atoms with Crippen molar-refractivity contribution in [3.8, 4) is 0 Å². The smallest absolute Gasteiger partial charge is 0.242 e. The van der Waals surface area contributed by atoms with Crippen molar-refractivity contribution in [2.75, 3.05) is 6.54 Å². The molecule has 1 heterocycles. The Labute approximate surface area is 130 Å². The lowest BCUT2D eigenvalue weighted by molar-refractivity contribution is -0.00442. The lowest BCUT2D eigenvalue weighted by atomic mass is 9.78. The summed E-state index contributed by atoms with van der Waals surface area (Å²) in [6.07, 6.45) is 5.47. The van der Waals surface area contributed by atoms with Gasteiger partial charge in [-0.3, -0.25) is 0 Å². The van der Waals surface area contributed by atoms with Gasteiger partial charge < -0.3 is 5.11 Å². The molecule has 21 heavy (non-hydrogen) atoms. The first-order chi connectivity index (χ1) is 9.85. The van der Waals surface area contributed by atoms with Crippen molar-refractivity contribution in [1.82, 2.24) is 9.71 Å². The van der Waals surface area contributed by atoms with E-state index in [-0.39, 0.29) is 16.6 Å². The normalized spacial score (nSPS) is 26.7. The topological polar surface area (TPSA) is 79.3 Å². The van der Waals surface area contributed by atoms with Gasteiger partial charge in [0, 0.05) is 12.7 Å². The average molecular weight is 333 g/mol. The fourth-order valence-electron chi connectivity index (χ4n) is 2.63. The van der Waals surface area contributed by atoms with Crippen molar-refractivity contribution in [3.63, 3.8) is 0 Å². The zero-order valence-corrected chi connectivity index (χ0v) is 13.6. The van der Waals surface area contributed by atoms with Crippen LogP contribution in [0.5, 0.6) is 0 Å². The molecule has 1 aromatic heterocycles. The zero-order chi connectivity index (χ0) is 15.5. The van der Waals surface area contributed by atoms with Gasteiger partial charge in [-0.25, -0.2) is 18.1 Å². The maximum absolute atomic E-state index is 12.1. The number of aliphatic hydroxyl groups is 1. The largest absolute Gasteiger partial charge is 0.389 e. The third-order valence-corrected chi connectivity index (χ3v) is 5.83. The van der Waals surface area contributed by atoms with Crippen molar-refractivity contribution in [3.05, 3.63) is 23.5 Å². The van der Waals surface area contributed by atoms with Gasteiger partial charge in [-0.15, -0.1) is 0 Å². The molecule has 0 aliphatic heterocycles. The number of nitrogens with one attached hydrogen (secondary N) is 1. The number of pyridine rings is 1. The summed E-state index contributed by atoms with van der Waals surface area (Å²) >= 11 is 5.64. The minimum atomic E-state index is -3.66.